The molecule has 2 aromatic carbocycles. The van der Waals surface area contributed by atoms with E-state index in [1.165, 1.54) is 24.3 Å². The number of hydrogen-bond donors (Lipinski definition) is 3. The average molecular weight is 416 g/mol. The number of nitro groups is 1. The molecular weight excluding hydrogens is 396 g/mol. The summed E-state index contributed by atoms with van der Waals surface area (Å²) in [6.45, 7) is 4.54. The van der Waals surface area contributed by atoms with Gasteiger partial charge in [-0.25, -0.2) is 0 Å². The number of ether oxygens (including phenoxy) is 1. The van der Waals surface area contributed by atoms with E-state index in [0.717, 1.165) is 0 Å². The number of hydrogen-bond acceptors (Lipinski definition) is 6. The van der Waals surface area contributed by atoms with Crippen LogP contribution in [0.15, 0.2) is 48.5 Å². The van der Waals surface area contributed by atoms with E-state index in [0.29, 0.717) is 23.8 Å². The number of hydrazine groups is 1. The summed E-state index contributed by atoms with van der Waals surface area (Å²) in [6.07, 6.45) is 0. The van der Waals surface area contributed by atoms with Crippen LogP contribution in [0.25, 0.3) is 0 Å². The van der Waals surface area contributed by atoms with Crippen LogP contribution < -0.4 is 20.9 Å². The van der Waals surface area contributed by atoms with Gasteiger partial charge in [0, 0.05) is 11.6 Å². The van der Waals surface area contributed by atoms with Crippen molar-refractivity contribution in [1.29, 1.82) is 0 Å². The van der Waals surface area contributed by atoms with Gasteiger partial charge in [-0.05, 0) is 42.4 Å². The first-order valence-electron chi connectivity index (χ1n) is 8.66. The summed E-state index contributed by atoms with van der Waals surface area (Å²) in [5, 5.41) is 13.2. The van der Waals surface area contributed by atoms with Crippen LogP contribution in [0.1, 0.15) is 34.6 Å². The Morgan fingerprint density at radius 3 is 2.52 bits per heavy atom. The number of nitrogens with one attached hydrogen (secondary N) is 3. The highest BCUT2D eigenvalue weighted by molar-refractivity contribution is 7.80. The van der Waals surface area contributed by atoms with Gasteiger partial charge >= 0.3 is 0 Å². The molecule has 0 aliphatic heterocycles. The number of nitrogens with zero attached hydrogens (tertiary/aromatic N) is 1. The van der Waals surface area contributed by atoms with E-state index >= 15 is 0 Å². The average Bonchev–Trinajstić information content (AvgIpc) is 2.70. The zero-order valence-corrected chi connectivity index (χ0v) is 16.6. The molecule has 0 aliphatic rings. The molecule has 9 nitrogen and oxygen atoms in total. The van der Waals surface area contributed by atoms with Gasteiger partial charge in [-0.3, -0.25) is 35.9 Å². The van der Waals surface area contributed by atoms with Gasteiger partial charge < -0.3 is 4.74 Å². The lowest BCUT2D eigenvalue weighted by atomic mass is 10.2. The summed E-state index contributed by atoms with van der Waals surface area (Å²) in [5.74, 6) is -0.376. The lowest BCUT2D eigenvalue weighted by Gasteiger charge is -2.12. The van der Waals surface area contributed by atoms with Gasteiger partial charge in [-0.15, -0.1) is 0 Å². The highest BCUT2D eigenvalue weighted by atomic mass is 32.1. The summed E-state index contributed by atoms with van der Waals surface area (Å²) in [6, 6.07) is 12.0. The monoisotopic (exact) mass is 416 g/mol. The maximum atomic E-state index is 12.3. The number of nitro benzene ring substituents is 1. The third kappa shape index (κ3) is 6.54. The van der Waals surface area contributed by atoms with Crippen molar-refractivity contribution in [1.82, 2.24) is 16.2 Å². The topological polar surface area (TPSA) is 123 Å². The number of amides is 2. The Morgan fingerprint density at radius 1 is 1.10 bits per heavy atom. The van der Waals surface area contributed by atoms with E-state index in [1.54, 1.807) is 24.3 Å². The van der Waals surface area contributed by atoms with Crippen molar-refractivity contribution in [3.05, 3.63) is 69.8 Å². The van der Waals surface area contributed by atoms with Crippen molar-refractivity contribution < 1.29 is 19.2 Å². The molecule has 0 fully saturated rings. The molecule has 0 saturated carbocycles. The Labute approximate surface area is 172 Å². The summed E-state index contributed by atoms with van der Waals surface area (Å²) in [7, 11) is 0. The van der Waals surface area contributed by atoms with E-state index in [4.69, 9.17) is 17.0 Å². The molecule has 2 aromatic rings. The van der Waals surface area contributed by atoms with Crippen molar-refractivity contribution in [2.45, 2.75) is 13.8 Å². The van der Waals surface area contributed by atoms with Gasteiger partial charge in [0.2, 0.25) is 0 Å². The minimum Gasteiger partial charge on any atom is -0.493 e. The molecule has 29 heavy (non-hydrogen) atoms. The predicted octanol–water partition coefficient (Wildman–Crippen LogP) is 2.58. The molecule has 2 amide bonds. The quantitative estimate of drug-likeness (QED) is 0.376. The molecule has 10 heteroatoms. The summed E-state index contributed by atoms with van der Waals surface area (Å²) in [5.41, 5.74) is 4.40. The highest BCUT2D eigenvalue weighted by Crippen LogP contribution is 2.17. The molecule has 152 valence electrons. The number of rotatable bonds is 6. The molecule has 0 radical (unpaired) electrons. The fourth-order valence-electron chi connectivity index (χ4n) is 2.20. The summed E-state index contributed by atoms with van der Waals surface area (Å²) in [4.78, 5) is 34.8. The number of carbonyl (C=O) groups excluding carboxylic acids is 2. The minimum absolute atomic E-state index is 0.144. The van der Waals surface area contributed by atoms with Crippen molar-refractivity contribution in [3.63, 3.8) is 0 Å². The molecule has 0 bridgehead atoms. The first kappa shape index (κ1) is 21.8. The fourth-order valence-corrected chi connectivity index (χ4v) is 2.35. The van der Waals surface area contributed by atoms with Crippen LogP contribution in [-0.4, -0.2) is 28.5 Å². The molecule has 3 N–H and O–H groups in total. The molecule has 0 unspecified atom stereocenters. The Morgan fingerprint density at radius 2 is 1.83 bits per heavy atom. The molecule has 0 saturated heterocycles. The van der Waals surface area contributed by atoms with Crippen LogP contribution in [0.2, 0.25) is 0 Å². The fraction of sp³-hybridized carbons (Fsp3) is 0.211. The number of para-hydroxylation sites is 1. The number of thiocarbonyl (C=S) groups is 1. The summed E-state index contributed by atoms with van der Waals surface area (Å²) < 4.78 is 5.58. The molecule has 2 rings (SSSR count). The van der Waals surface area contributed by atoms with Gasteiger partial charge in [-0.2, -0.15) is 0 Å². The molecule has 0 heterocycles. The van der Waals surface area contributed by atoms with Crippen LogP contribution >= 0.6 is 12.2 Å². The van der Waals surface area contributed by atoms with Gasteiger partial charge in [0.15, 0.2) is 5.11 Å². The van der Waals surface area contributed by atoms with E-state index in [2.05, 4.69) is 16.2 Å². The molecule has 0 spiro atoms. The highest BCUT2D eigenvalue weighted by Gasteiger charge is 2.19. The van der Waals surface area contributed by atoms with Crippen LogP contribution in [-0.2, 0) is 0 Å². The second-order valence-corrected chi connectivity index (χ2v) is 6.78. The normalized spacial score (nSPS) is 10.2. The van der Waals surface area contributed by atoms with Crippen LogP contribution in [0.3, 0.4) is 0 Å². The zero-order valence-electron chi connectivity index (χ0n) is 15.8. The lowest BCUT2D eigenvalue weighted by molar-refractivity contribution is -0.385. The zero-order chi connectivity index (χ0) is 21.4. The van der Waals surface area contributed by atoms with E-state index < -0.39 is 16.7 Å². The third-order valence-electron chi connectivity index (χ3n) is 3.54. The van der Waals surface area contributed by atoms with E-state index in [9.17, 15) is 19.7 Å². The second kappa shape index (κ2) is 10.1. The van der Waals surface area contributed by atoms with Crippen LogP contribution in [0, 0.1) is 16.0 Å². The minimum atomic E-state index is -0.766. The molecule has 0 aliphatic carbocycles. The van der Waals surface area contributed by atoms with Crippen molar-refractivity contribution in [2.24, 2.45) is 5.92 Å². The van der Waals surface area contributed by atoms with Gasteiger partial charge in [0.1, 0.15) is 11.3 Å². The van der Waals surface area contributed by atoms with Crippen molar-refractivity contribution in [3.8, 4) is 5.75 Å². The van der Waals surface area contributed by atoms with Gasteiger partial charge in [-0.1, -0.05) is 32.0 Å². The first-order chi connectivity index (χ1) is 13.8. The Hall–Kier alpha value is -3.53. The molecule has 0 atom stereocenters. The summed E-state index contributed by atoms with van der Waals surface area (Å²) >= 11 is 4.98. The standard InChI is InChI=1S/C19H20N4O5S/c1-12(2)11-28-14-7-5-6-13(10-14)17(24)20-19(29)22-21-18(25)15-8-3-4-9-16(15)23(26)27/h3-10,12H,11H2,1-2H3,(H,21,25)(H2,20,22,24,29). The second-order valence-electron chi connectivity index (χ2n) is 6.37. The molecule has 0 aromatic heterocycles. The smallest absolute Gasteiger partial charge is 0.282 e. The van der Waals surface area contributed by atoms with Crippen LogP contribution in [0.5, 0.6) is 5.75 Å². The van der Waals surface area contributed by atoms with E-state index in [1.807, 2.05) is 13.8 Å². The van der Waals surface area contributed by atoms with Crippen molar-refractivity contribution in [2.75, 3.05) is 6.61 Å². The maximum absolute atomic E-state index is 12.3. The van der Waals surface area contributed by atoms with E-state index in [-0.39, 0.29) is 16.4 Å². The number of carbonyl (C=O) groups is 2. The van der Waals surface area contributed by atoms with Crippen molar-refractivity contribution >= 4 is 34.8 Å². The SMILES string of the molecule is CC(C)COc1cccc(C(=O)NC(=S)NNC(=O)c2ccccc2[N+](=O)[O-])c1. The predicted molar refractivity (Wildman–Crippen MR) is 111 cm³/mol. The maximum Gasteiger partial charge on any atom is 0.282 e. The first-order valence-corrected chi connectivity index (χ1v) is 9.06. The van der Waals surface area contributed by atoms with Gasteiger partial charge in [0.25, 0.3) is 17.5 Å². The van der Waals surface area contributed by atoms with Gasteiger partial charge in [0.05, 0.1) is 11.5 Å². The lowest BCUT2D eigenvalue weighted by Crippen LogP contribution is -2.48. The Balaban J connectivity index is 1.92. The Bertz CT molecular complexity index is 932. The van der Waals surface area contributed by atoms with Crippen LogP contribution in [0.4, 0.5) is 5.69 Å². The third-order valence-corrected chi connectivity index (χ3v) is 3.75. The molecular formula is C19H20N4O5S. The Kier molecular flexibility index (Phi) is 7.61. The largest absolute Gasteiger partial charge is 0.493 e. The number of benzene rings is 2.